The van der Waals surface area contributed by atoms with Gasteiger partial charge in [-0.25, -0.2) is 4.79 Å². The molecule has 1 fully saturated rings. The molecule has 0 bridgehead atoms. The zero-order chi connectivity index (χ0) is 18.4. The van der Waals surface area contributed by atoms with E-state index in [1.807, 2.05) is 32.9 Å². The second kappa shape index (κ2) is 8.82. The lowest BCUT2D eigenvalue weighted by atomic mass is 10.1. The number of nitrogens with zero attached hydrogens (tertiary/aromatic N) is 1. The first-order chi connectivity index (χ1) is 11.9. The topological polar surface area (TPSA) is 90.9 Å². The summed E-state index contributed by atoms with van der Waals surface area (Å²) in [4.78, 5) is 25.8. The molecule has 7 heteroatoms. The summed E-state index contributed by atoms with van der Waals surface area (Å²) in [5, 5.41) is 14.9. The molecule has 1 aliphatic rings. The summed E-state index contributed by atoms with van der Waals surface area (Å²) in [6.07, 6.45) is -0.152. The van der Waals surface area contributed by atoms with E-state index in [2.05, 4.69) is 10.6 Å². The largest absolute Gasteiger partial charge is 0.394 e. The SMILES string of the molecule is CC(C)NC(=O)Cc1ccc(NC(=O)N2C[C@H](CO)O[C@@H](C)C2)cc1. The molecule has 0 saturated carbocycles. The van der Waals surface area contributed by atoms with Gasteiger partial charge < -0.3 is 25.4 Å². The summed E-state index contributed by atoms with van der Waals surface area (Å²) in [6.45, 7) is 6.45. The lowest BCUT2D eigenvalue weighted by Crippen LogP contribution is -2.51. The Hall–Kier alpha value is -2.12. The Bertz CT molecular complexity index is 588. The van der Waals surface area contributed by atoms with E-state index in [1.54, 1.807) is 17.0 Å². The standard InChI is InChI=1S/C18H27N3O4/c1-12(2)19-17(23)8-14-4-6-15(7-5-14)20-18(24)21-9-13(3)25-16(10-21)11-22/h4-7,12-13,16,22H,8-11H2,1-3H3,(H,19,23)(H,20,24)/t13-,16+/m0/s1. The van der Waals surface area contributed by atoms with E-state index >= 15 is 0 Å². The highest BCUT2D eigenvalue weighted by atomic mass is 16.5. The zero-order valence-electron chi connectivity index (χ0n) is 15.0. The number of carbonyl (C=O) groups is 2. The van der Waals surface area contributed by atoms with Gasteiger partial charge in [0.1, 0.15) is 0 Å². The Kier molecular flexibility index (Phi) is 6.78. The van der Waals surface area contributed by atoms with Gasteiger partial charge in [-0.2, -0.15) is 0 Å². The molecule has 1 heterocycles. The number of amides is 3. The van der Waals surface area contributed by atoms with Gasteiger partial charge in [0.05, 0.1) is 31.8 Å². The Morgan fingerprint density at radius 3 is 2.56 bits per heavy atom. The fraction of sp³-hybridized carbons (Fsp3) is 0.556. The van der Waals surface area contributed by atoms with E-state index in [-0.39, 0.29) is 36.8 Å². The van der Waals surface area contributed by atoms with E-state index in [0.717, 1.165) is 5.56 Å². The highest BCUT2D eigenvalue weighted by Crippen LogP contribution is 2.15. The number of anilines is 1. The summed E-state index contributed by atoms with van der Waals surface area (Å²) in [5.41, 5.74) is 1.55. The summed E-state index contributed by atoms with van der Waals surface area (Å²) in [5.74, 6) is -0.0239. The van der Waals surface area contributed by atoms with Crippen LogP contribution >= 0.6 is 0 Å². The van der Waals surface area contributed by atoms with Crippen LogP contribution in [0, 0.1) is 0 Å². The molecule has 1 saturated heterocycles. The molecule has 0 spiro atoms. The fourth-order valence-electron chi connectivity index (χ4n) is 2.78. The molecule has 3 amide bonds. The van der Waals surface area contributed by atoms with Crippen molar-refractivity contribution in [1.29, 1.82) is 0 Å². The summed E-state index contributed by atoms with van der Waals surface area (Å²) >= 11 is 0. The van der Waals surface area contributed by atoms with Gasteiger partial charge >= 0.3 is 6.03 Å². The maximum absolute atomic E-state index is 12.4. The number of rotatable bonds is 5. The van der Waals surface area contributed by atoms with Gasteiger partial charge in [-0.3, -0.25) is 4.79 Å². The number of hydrogen-bond donors (Lipinski definition) is 3. The molecule has 1 aliphatic heterocycles. The monoisotopic (exact) mass is 349 g/mol. The first-order valence-electron chi connectivity index (χ1n) is 8.58. The third-order valence-electron chi connectivity index (χ3n) is 3.84. The molecular weight excluding hydrogens is 322 g/mol. The third kappa shape index (κ3) is 6.03. The van der Waals surface area contributed by atoms with Gasteiger partial charge in [0.25, 0.3) is 0 Å². The van der Waals surface area contributed by atoms with Crippen LogP contribution in [0.15, 0.2) is 24.3 Å². The second-order valence-corrected chi connectivity index (χ2v) is 6.68. The van der Waals surface area contributed by atoms with E-state index in [9.17, 15) is 14.7 Å². The Morgan fingerprint density at radius 1 is 1.28 bits per heavy atom. The molecular formula is C18H27N3O4. The number of aliphatic hydroxyl groups is 1. The molecule has 0 radical (unpaired) electrons. The zero-order valence-corrected chi connectivity index (χ0v) is 15.0. The van der Waals surface area contributed by atoms with Crippen molar-refractivity contribution >= 4 is 17.6 Å². The van der Waals surface area contributed by atoms with E-state index < -0.39 is 0 Å². The number of hydrogen-bond acceptors (Lipinski definition) is 4. The molecule has 3 N–H and O–H groups in total. The third-order valence-corrected chi connectivity index (χ3v) is 3.84. The number of carbonyl (C=O) groups excluding carboxylic acids is 2. The first-order valence-corrected chi connectivity index (χ1v) is 8.58. The second-order valence-electron chi connectivity index (χ2n) is 6.68. The highest BCUT2D eigenvalue weighted by Gasteiger charge is 2.27. The quantitative estimate of drug-likeness (QED) is 0.749. The smallest absolute Gasteiger partial charge is 0.322 e. The predicted octanol–water partition coefficient (Wildman–Crippen LogP) is 1.37. The number of morpholine rings is 1. The number of ether oxygens (including phenoxy) is 1. The van der Waals surface area contributed by atoms with E-state index in [0.29, 0.717) is 25.2 Å². The normalized spacial score (nSPS) is 20.4. The van der Waals surface area contributed by atoms with Crippen molar-refractivity contribution < 1.29 is 19.4 Å². The summed E-state index contributed by atoms with van der Waals surface area (Å²) < 4.78 is 5.54. The summed E-state index contributed by atoms with van der Waals surface area (Å²) in [6, 6.07) is 7.11. The average molecular weight is 349 g/mol. The van der Waals surface area contributed by atoms with E-state index in [1.165, 1.54) is 0 Å². The van der Waals surface area contributed by atoms with Crippen LogP contribution in [0.2, 0.25) is 0 Å². The van der Waals surface area contributed by atoms with Gasteiger partial charge in [0.2, 0.25) is 5.91 Å². The van der Waals surface area contributed by atoms with Crippen LogP contribution in [0.1, 0.15) is 26.3 Å². The van der Waals surface area contributed by atoms with Gasteiger partial charge in [-0.1, -0.05) is 12.1 Å². The van der Waals surface area contributed by atoms with Gasteiger partial charge in [0.15, 0.2) is 0 Å². The molecule has 0 unspecified atom stereocenters. The molecule has 138 valence electrons. The van der Waals surface area contributed by atoms with Crippen LogP contribution in [0.5, 0.6) is 0 Å². The number of urea groups is 1. The van der Waals surface area contributed by atoms with Gasteiger partial charge in [-0.15, -0.1) is 0 Å². The number of nitrogens with one attached hydrogen (secondary N) is 2. The van der Waals surface area contributed by atoms with Crippen molar-refractivity contribution in [3.63, 3.8) is 0 Å². The van der Waals surface area contributed by atoms with Crippen LogP contribution in [-0.4, -0.2) is 59.9 Å². The fourth-order valence-corrected chi connectivity index (χ4v) is 2.78. The van der Waals surface area contributed by atoms with Crippen LogP contribution < -0.4 is 10.6 Å². The van der Waals surface area contributed by atoms with Crippen molar-refractivity contribution in [3.8, 4) is 0 Å². The maximum Gasteiger partial charge on any atom is 0.322 e. The van der Waals surface area contributed by atoms with Crippen LogP contribution in [0.3, 0.4) is 0 Å². The lowest BCUT2D eigenvalue weighted by molar-refractivity contribution is -0.120. The van der Waals surface area contributed by atoms with Crippen molar-refractivity contribution in [2.24, 2.45) is 0 Å². The summed E-state index contributed by atoms with van der Waals surface area (Å²) in [7, 11) is 0. The van der Waals surface area contributed by atoms with Crippen molar-refractivity contribution in [2.75, 3.05) is 25.0 Å². The van der Waals surface area contributed by atoms with Gasteiger partial charge in [0, 0.05) is 18.3 Å². The Morgan fingerprint density at radius 2 is 1.96 bits per heavy atom. The Labute approximate surface area is 148 Å². The minimum absolute atomic E-state index is 0.0239. The lowest BCUT2D eigenvalue weighted by Gasteiger charge is -2.36. The van der Waals surface area contributed by atoms with Gasteiger partial charge in [-0.05, 0) is 38.5 Å². The Balaban J connectivity index is 1.90. The van der Waals surface area contributed by atoms with Crippen molar-refractivity contribution in [2.45, 2.75) is 45.4 Å². The van der Waals surface area contributed by atoms with Crippen LogP contribution in [0.25, 0.3) is 0 Å². The van der Waals surface area contributed by atoms with Crippen LogP contribution in [0.4, 0.5) is 10.5 Å². The minimum atomic E-state index is -0.351. The van der Waals surface area contributed by atoms with Crippen LogP contribution in [-0.2, 0) is 16.0 Å². The molecule has 1 aromatic carbocycles. The molecule has 0 aliphatic carbocycles. The average Bonchev–Trinajstić information content (AvgIpc) is 2.55. The molecule has 0 aromatic heterocycles. The minimum Gasteiger partial charge on any atom is -0.394 e. The highest BCUT2D eigenvalue weighted by molar-refractivity contribution is 5.89. The van der Waals surface area contributed by atoms with Crippen molar-refractivity contribution in [3.05, 3.63) is 29.8 Å². The molecule has 25 heavy (non-hydrogen) atoms. The molecule has 1 aromatic rings. The predicted molar refractivity (Wildman–Crippen MR) is 95.4 cm³/mol. The number of benzene rings is 1. The number of aliphatic hydroxyl groups excluding tert-OH is 1. The molecule has 7 nitrogen and oxygen atoms in total. The molecule has 2 rings (SSSR count). The first kappa shape index (κ1) is 19.2. The maximum atomic E-state index is 12.4. The molecule has 2 atom stereocenters. The van der Waals surface area contributed by atoms with E-state index in [4.69, 9.17) is 4.74 Å². The van der Waals surface area contributed by atoms with Crippen molar-refractivity contribution in [1.82, 2.24) is 10.2 Å².